The summed E-state index contributed by atoms with van der Waals surface area (Å²) in [5.41, 5.74) is 3.56. The molecule has 8 atom stereocenters. The van der Waals surface area contributed by atoms with E-state index < -0.39 is 76.4 Å². The second-order valence-electron chi connectivity index (χ2n) is 10.7. The Bertz CT molecular complexity index is 1400. The van der Waals surface area contributed by atoms with Gasteiger partial charge in [-0.05, 0) is 31.1 Å². The van der Waals surface area contributed by atoms with E-state index in [1.165, 1.54) is 19.0 Å². The van der Waals surface area contributed by atoms with Crippen LogP contribution in [0.1, 0.15) is 28.8 Å². The maximum Gasteiger partial charge on any atom is 0.235 e. The van der Waals surface area contributed by atoms with Crippen molar-refractivity contribution in [1.82, 2.24) is 4.90 Å². The van der Waals surface area contributed by atoms with Crippen LogP contribution in [0.15, 0.2) is 42.5 Å². The Kier molecular flexibility index (Phi) is 5.90. The molecule has 10 heteroatoms. The first-order valence-electron chi connectivity index (χ1n) is 12.3. The summed E-state index contributed by atoms with van der Waals surface area (Å²) in [5, 5.41) is 34.5. The summed E-state index contributed by atoms with van der Waals surface area (Å²) in [7, 11) is 2.90. The Balaban J connectivity index is 1.71. The molecule has 1 amide bonds. The van der Waals surface area contributed by atoms with Crippen molar-refractivity contribution in [3.8, 4) is 16.9 Å². The average molecular weight is 521 g/mol. The first kappa shape index (κ1) is 25.9. The van der Waals surface area contributed by atoms with Crippen molar-refractivity contribution < 1.29 is 39.3 Å². The number of primary amides is 1. The van der Waals surface area contributed by atoms with Gasteiger partial charge in [-0.15, -0.1) is 0 Å². The lowest BCUT2D eigenvalue weighted by Gasteiger charge is -2.56. The second kappa shape index (κ2) is 8.65. The minimum Gasteiger partial charge on any atom is -0.507 e. The summed E-state index contributed by atoms with van der Waals surface area (Å²) in [6.07, 6.45) is -1.65. The number of hydrogen-bond acceptors (Lipinski definition) is 9. The Hall–Kier alpha value is -3.73. The van der Waals surface area contributed by atoms with Gasteiger partial charge in [0.25, 0.3) is 0 Å². The lowest BCUT2D eigenvalue weighted by atomic mass is 9.49. The van der Waals surface area contributed by atoms with Gasteiger partial charge in [0, 0.05) is 11.5 Å². The number of fused-ring (bicyclic) bond motifs is 3. The van der Waals surface area contributed by atoms with E-state index in [9.17, 15) is 39.3 Å². The molecule has 3 unspecified atom stereocenters. The summed E-state index contributed by atoms with van der Waals surface area (Å²) >= 11 is 0. The van der Waals surface area contributed by atoms with Gasteiger partial charge >= 0.3 is 0 Å². The summed E-state index contributed by atoms with van der Waals surface area (Å²) in [6, 6.07) is 10.7. The number of ketones is 4. The van der Waals surface area contributed by atoms with Crippen LogP contribution in [0.5, 0.6) is 5.75 Å². The summed E-state index contributed by atoms with van der Waals surface area (Å²) in [5.74, 6) is -13.3. The molecule has 3 aliphatic rings. The molecule has 2 fully saturated rings. The van der Waals surface area contributed by atoms with Crippen molar-refractivity contribution >= 4 is 29.0 Å². The molecule has 0 bridgehead atoms. The van der Waals surface area contributed by atoms with Gasteiger partial charge in [0.1, 0.15) is 5.75 Å². The van der Waals surface area contributed by atoms with Gasteiger partial charge in [-0.3, -0.25) is 28.9 Å². The van der Waals surface area contributed by atoms with Crippen molar-refractivity contribution in [2.75, 3.05) is 14.1 Å². The lowest BCUT2D eigenvalue weighted by molar-refractivity contribution is -0.196. The molecule has 10 nitrogen and oxygen atoms in total. The van der Waals surface area contributed by atoms with Gasteiger partial charge in [0.15, 0.2) is 34.7 Å². The first-order valence-corrected chi connectivity index (χ1v) is 12.3. The van der Waals surface area contributed by atoms with Gasteiger partial charge in [0.05, 0.1) is 29.5 Å². The zero-order valence-electron chi connectivity index (χ0n) is 21.0. The highest BCUT2D eigenvalue weighted by atomic mass is 16.3. The van der Waals surface area contributed by atoms with Crippen molar-refractivity contribution in [2.24, 2.45) is 29.4 Å². The van der Waals surface area contributed by atoms with Crippen LogP contribution in [-0.4, -0.2) is 81.1 Å². The van der Waals surface area contributed by atoms with Crippen LogP contribution < -0.4 is 5.73 Å². The minimum absolute atomic E-state index is 0.127. The maximum atomic E-state index is 14.0. The number of aromatic hydroxyl groups is 1. The molecule has 2 aromatic carbocycles. The third-order valence-electron chi connectivity index (χ3n) is 8.57. The summed E-state index contributed by atoms with van der Waals surface area (Å²) in [4.78, 5) is 67.9. The predicted molar refractivity (Wildman–Crippen MR) is 133 cm³/mol. The molecule has 0 radical (unpaired) electrons. The molecule has 5 rings (SSSR count). The fourth-order valence-corrected chi connectivity index (χ4v) is 6.84. The number of nitrogens with zero attached hydrogens (tertiary/aromatic N) is 1. The quantitative estimate of drug-likeness (QED) is 0.408. The molecule has 0 spiro atoms. The number of hydrogen-bond donors (Lipinski definition) is 4. The van der Waals surface area contributed by atoms with E-state index in [1.807, 2.05) is 0 Å². The van der Waals surface area contributed by atoms with Crippen LogP contribution in [0.3, 0.4) is 0 Å². The van der Waals surface area contributed by atoms with E-state index in [0.717, 1.165) is 0 Å². The van der Waals surface area contributed by atoms with E-state index in [1.54, 1.807) is 49.4 Å². The number of aliphatic hydroxyl groups is 2. The number of carbonyl (C=O) groups excluding carboxylic acids is 5. The highest BCUT2D eigenvalue weighted by Gasteiger charge is 2.72. The standard InChI is InChI=1S/C28H28N2O8/c1-11-13-9-10-14(12-7-5-4-6-8-12)21(31)16(13)22(32)17-15(11)23(33)19-20(30(2)3)24(34)18(27(29)37)26(36)28(19,38)25(17)35/h4-11,15,17-20,23,31,33,38H,1-3H3,(H2,29,37)/t11?,15-,17?,18?,19-,20+,23+,28+/m1/s1. The van der Waals surface area contributed by atoms with Crippen LogP contribution in [0.2, 0.25) is 0 Å². The largest absolute Gasteiger partial charge is 0.507 e. The molecular formula is C28H28N2O8. The van der Waals surface area contributed by atoms with E-state index in [0.29, 0.717) is 16.7 Å². The number of amides is 1. The van der Waals surface area contributed by atoms with Gasteiger partial charge in [-0.25, -0.2) is 0 Å². The number of benzene rings is 2. The number of rotatable bonds is 3. The molecule has 2 saturated carbocycles. The summed E-state index contributed by atoms with van der Waals surface area (Å²) in [6.45, 7) is 1.68. The molecule has 198 valence electrons. The van der Waals surface area contributed by atoms with Crippen LogP contribution in [-0.2, 0) is 19.2 Å². The van der Waals surface area contributed by atoms with Crippen LogP contribution >= 0.6 is 0 Å². The number of nitrogens with two attached hydrogens (primary N) is 1. The number of aliphatic hydroxyl groups excluding tert-OH is 1. The average Bonchev–Trinajstić information content (AvgIpc) is 2.86. The summed E-state index contributed by atoms with van der Waals surface area (Å²) < 4.78 is 0. The molecule has 5 N–H and O–H groups in total. The van der Waals surface area contributed by atoms with E-state index in [2.05, 4.69) is 0 Å². The SMILES string of the molecule is CC1c2ccc(-c3ccccc3)c(O)c2C(=O)C2C(=O)[C@]3(O)C(=O)C(C(N)=O)C(=O)[C@@H](N(C)C)[C@@H]3[C@@H](O)[C@@H]21. The third kappa shape index (κ3) is 3.20. The fourth-order valence-electron chi connectivity index (χ4n) is 6.84. The van der Waals surface area contributed by atoms with E-state index in [-0.39, 0.29) is 11.3 Å². The molecular weight excluding hydrogens is 492 g/mol. The minimum atomic E-state index is -3.01. The van der Waals surface area contributed by atoms with Crippen molar-refractivity contribution in [1.29, 1.82) is 0 Å². The zero-order chi connectivity index (χ0) is 27.8. The topological polar surface area (TPSA) is 175 Å². The number of likely N-dealkylation sites (N-methyl/N-ethyl adjacent to an activating group) is 1. The molecule has 3 aliphatic carbocycles. The van der Waals surface area contributed by atoms with Crippen molar-refractivity contribution in [3.05, 3.63) is 53.6 Å². The van der Waals surface area contributed by atoms with Crippen LogP contribution in [0, 0.1) is 23.7 Å². The first-order chi connectivity index (χ1) is 17.8. The van der Waals surface area contributed by atoms with Gasteiger partial charge in [0.2, 0.25) is 5.91 Å². The van der Waals surface area contributed by atoms with E-state index in [4.69, 9.17) is 5.73 Å². The molecule has 0 heterocycles. The molecule has 38 heavy (non-hydrogen) atoms. The highest BCUT2D eigenvalue weighted by Crippen LogP contribution is 2.55. The fraction of sp³-hybridized carbons (Fsp3) is 0.393. The Morgan fingerprint density at radius 3 is 2.21 bits per heavy atom. The maximum absolute atomic E-state index is 14.0. The molecule has 0 aromatic heterocycles. The van der Waals surface area contributed by atoms with Crippen molar-refractivity contribution in [3.63, 3.8) is 0 Å². The number of phenolic OH excluding ortho intramolecular Hbond substituents is 1. The molecule has 2 aromatic rings. The molecule has 0 saturated heterocycles. The second-order valence-corrected chi connectivity index (χ2v) is 10.7. The molecule has 0 aliphatic heterocycles. The van der Waals surface area contributed by atoms with E-state index >= 15 is 0 Å². The predicted octanol–water partition coefficient (Wildman–Crippen LogP) is 0.0658. The number of phenols is 1. The van der Waals surface area contributed by atoms with Crippen LogP contribution in [0.4, 0.5) is 0 Å². The third-order valence-corrected chi connectivity index (χ3v) is 8.57. The Morgan fingerprint density at radius 1 is 1.00 bits per heavy atom. The highest BCUT2D eigenvalue weighted by molar-refractivity contribution is 6.32. The lowest BCUT2D eigenvalue weighted by Crippen LogP contribution is -2.77. The number of Topliss-reactive ketones (excluding diaryl/α,β-unsaturated/α-hetero) is 4. The Morgan fingerprint density at radius 2 is 1.63 bits per heavy atom. The van der Waals surface area contributed by atoms with Gasteiger partial charge in [-0.1, -0.05) is 49.4 Å². The Labute approximate surface area is 218 Å². The zero-order valence-corrected chi connectivity index (χ0v) is 21.0. The smallest absolute Gasteiger partial charge is 0.235 e. The van der Waals surface area contributed by atoms with Crippen molar-refractivity contribution in [2.45, 2.75) is 30.6 Å². The van der Waals surface area contributed by atoms with Crippen LogP contribution in [0.25, 0.3) is 11.1 Å². The monoisotopic (exact) mass is 520 g/mol. The normalized spacial score (nSPS) is 34.5. The van der Waals surface area contributed by atoms with Gasteiger partial charge < -0.3 is 21.1 Å². The van der Waals surface area contributed by atoms with Gasteiger partial charge in [-0.2, -0.15) is 0 Å². The number of carbonyl (C=O) groups is 5.